The summed E-state index contributed by atoms with van der Waals surface area (Å²) in [6.07, 6.45) is 0.438. The second-order valence-electron chi connectivity index (χ2n) is 6.41. The Labute approximate surface area is 154 Å². The van der Waals surface area contributed by atoms with Crippen molar-refractivity contribution >= 4 is 17.5 Å². The van der Waals surface area contributed by atoms with Crippen LogP contribution in [0.2, 0.25) is 0 Å². The highest BCUT2D eigenvalue weighted by molar-refractivity contribution is 6.43. The van der Waals surface area contributed by atoms with Crippen molar-refractivity contribution in [2.45, 2.75) is 12.5 Å². The maximum absolute atomic E-state index is 13.0. The average Bonchev–Trinajstić information content (AvgIpc) is 3.23. The zero-order valence-corrected chi connectivity index (χ0v) is 14.3. The summed E-state index contributed by atoms with van der Waals surface area (Å²) in [7, 11) is 0. The van der Waals surface area contributed by atoms with Crippen molar-refractivity contribution in [2.75, 3.05) is 19.7 Å². The third-order valence-electron chi connectivity index (χ3n) is 4.45. The number of carbonyl (C=O) groups is 3. The zero-order chi connectivity index (χ0) is 19.6. The van der Waals surface area contributed by atoms with Crippen molar-refractivity contribution in [3.63, 3.8) is 0 Å². The molecule has 0 spiro atoms. The number of nitrogens with zero attached hydrogens (tertiary/aromatic N) is 1. The molecule has 7 nitrogen and oxygen atoms in total. The number of ketones is 2. The lowest BCUT2D eigenvalue weighted by atomic mass is 9.96. The van der Waals surface area contributed by atoms with Crippen molar-refractivity contribution in [2.24, 2.45) is 5.92 Å². The normalized spacial score (nSPS) is 18.2. The SMILES string of the molecule is O=C1C(=O)N(CC(O)CO)CC1C(=O)c1occc1Cc1ccc(F)cc1. The molecule has 1 fully saturated rings. The van der Waals surface area contributed by atoms with Crippen molar-refractivity contribution < 1.29 is 33.4 Å². The fraction of sp³-hybridized carbons (Fsp3) is 0.316. The molecular weight excluding hydrogens is 357 g/mol. The van der Waals surface area contributed by atoms with Gasteiger partial charge in [0, 0.05) is 25.1 Å². The number of furan rings is 1. The van der Waals surface area contributed by atoms with E-state index in [2.05, 4.69) is 0 Å². The predicted molar refractivity (Wildman–Crippen MR) is 90.4 cm³/mol. The number of Topliss-reactive ketones (excluding diaryl/α,β-unsaturated/α-hetero) is 2. The van der Waals surface area contributed by atoms with Crippen LogP contribution in [0, 0.1) is 11.7 Å². The third kappa shape index (κ3) is 3.96. The Morgan fingerprint density at radius 2 is 1.96 bits per heavy atom. The van der Waals surface area contributed by atoms with Crippen LogP contribution in [0.4, 0.5) is 4.39 Å². The fourth-order valence-corrected chi connectivity index (χ4v) is 3.03. The number of carbonyl (C=O) groups excluding carboxylic acids is 3. The van der Waals surface area contributed by atoms with Crippen molar-refractivity contribution in [1.82, 2.24) is 4.90 Å². The Hall–Kier alpha value is -2.84. The standard InChI is InChI=1S/C19H18FNO6/c20-13-3-1-11(2-4-13)7-12-5-6-27-18(12)16(24)15-9-21(8-14(23)10-22)19(26)17(15)25/h1-6,14-15,22-23H,7-10H2. The molecule has 3 rings (SSSR count). The van der Waals surface area contributed by atoms with E-state index in [0.29, 0.717) is 12.0 Å². The minimum Gasteiger partial charge on any atom is -0.461 e. The number of hydrogen-bond acceptors (Lipinski definition) is 6. The van der Waals surface area contributed by atoms with Gasteiger partial charge < -0.3 is 19.5 Å². The molecular formula is C19H18FNO6. The van der Waals surface area contributed by atoms with E-state index in [-0.39, 0.29) is 24.7 Å². The van der Waals surface area contributed by atoms with Gasteiger partial charge >= 0.3 is 0 Å². The summed E-state index contributed by atoms with van der Waals surface area (Å²) in [6, 6.07) is 7.36. The molecule has 0 bridgehead atoms. The Kier molecular flexibility index (Phi) is 5.48. The van der Waals surface area contributed by atoms with Gasteiger partial charge in [-0.25, -0.2) is 4.39 Å². The van der Waals surface area contributed by atoms with Crippen LogP contribution in [0.15, 0.2) is 41.0 Å². The molecule has 1 amide bonds. The van der Waals surface area contributed by atoms with Gasteiger partial charge in [0.1, 0.15) is 11.7 Å². The summed E-state index contributed by atoms with van der Waals surface area (Å²) >= 11 is 0. The van der Waals surface area contributed by atoms with E-state index in [4.69, 9.17) is 9.52 Å². The van der Waals surface area contributed by atoms with Gasteiger partial charge in [-0.15, -0.1) is 0 Å². The fourth-order valence-electron chi connectivity index (χ4n) is 3.03. The van der Waals surface area contributed by atoms with Crippen LogP contribution in [-0.4, -0.2) is 58.4 Å². The Bertz CT molecular complexity index is 859. The van der Waals surface area contributed by atoms with Crippen LogP contribution in [0.3, 0.4) is 0 Å². The molecule has 0 saturated carbocycles. The second kappa shape index (κ2) is 7.81. The maximum Gasteiger partial charge on any atom is 0.290 e. The highest BCUT2D eigenvalue weighted by Crippen LogP contribution is 2.24. The molecule has 142 valence electrons. The number of benzene rings is 1. The topological polar surface area (TPSA) is 108 Å². The molecule has 2 atom stereocenters. The quantitative estimate of drug-likeness (QED) is 0.416. The van der Waals surface area contributed by atoms with Gasteiger partial charge in [-0.3, -0.25) is 14.4 Å². The Morgan fingerprint density at radius 1 is 1.26 bits per heavy atom. The number of halogens is 1. The lowest BCUT2D eigenvalue weighted by Crippen LogP contribution is -2.36. The summed E-state index contributed by atoms with van der Waals surface area (Å²) < 4.78 is 18.3. The molecule has 8 heteroatoms. The number of aliphatic hydroxyl groups excluding tert-OH is 2. The molecule has 1 saturated heterocycles. The van der Waals surface area contributed by atoms with Gasteiger partial charge in [-0.05, 0) is 23.8 Å². The molecule has 2 aromatic rings. The molecule has 1 aliphatic rings. The summed E-state index contributed by atoms with van der Waals surface area (Å²) in [5.41, 5.74) is 1.29. The number of aliphatic hydroxyl groups is 2. The van der Waals surface area contributed by atoms with Crippen molar-refractivity contribution in [3.8, 4) is 0 Å². The highest BCUT2D eigenvalue weighted by atomic mass is 19.1. The van der Waals surface area contributed by atoms with Gasteiger partial charge in [-0.1, -0.05) is 12.1 Å². The first-order valence-electron chi connectivity index (χ1n) is 8.37. The minimum atomic E-state index is -1.22. The lowest BCUT2D eigenvalue weighted by Gasteiger charge is -2.17. The Morgan fingerprint density at radius 3 is 2.63 bits per heavy atom. The molecule has 1 aliphatic heterocycles. The van der Waals surface area contributed by atoms with Crippen LogP contribution >= 0.6 is 0 Å². The van der Waals surface area contributed by atoms with E-state index in [1.807, 2.05) is 0 Å². The number of likely N-dealkylation sites (tertiary alicyclic amines) is 1. The van der Waals surface area contributed by atoms with Crippen molar-refractivity contribution in [1.29, 1.82) is 0 Å². The first kappa shape index (κ1) is 18.9. The van der Waals surface area contributed by atoms with E-state index < -0.39 is 36.1 Å². The number of rotatable bonds is 7. The molecule has 1 aromatic heterocycles. The molecule has 0 aliphatic carbocycles. The predicted octanol–water partition coefficient (Wildman–Crippen LogP) is 0.573. The molecule has 1 aromatic carbocycles. The van der Waals surface area contributed by atoms with E-state index in [9.17, 15) is 23.9 Å². The maximum atomic E-state index is 13.0. The van der Waals surface area contributed by atoms with Crippen LogP contribution in [0.1, 0.15) is 21.7 Å². The van der Waals surface area contributed by atoms with E-state index in [0.717, 1.165) is 10.5 Å². The number of amides is 1. The second-order valence-corrected chi connectivity index (χ2v) is 6.41. The van der Waals surface area contributed by atoms with Gasteiger partial charge in [-0.2, -0.15) is 0 Å². The van der Waals surface area contributed by atoms with Crippen molar-refractivity contribution in [3.05, 3.63) is 59.3 Å². The van der Waals surface area contributed by atoms with Gasteiger partial charge in [0.15, 0.2) is 5.76 Å². The first-order chi connectivity index (χ1) is 12.9. The van der Waals surface area contributed by atoms with Crippen LogP contribution < -0.4 is 0 Å². The van der Waals surface area contributed by atoms with Crippen LogP contribution in [0.5, 0.6) is 0 Å². The largest absolute Gasteiger partial charge is 0.461 e. The molecule has 0 radical (unpaired) electrons. The smallest absolute Gasteiger partial charge is 0.290 e. The first-order valence-corrected chi connectivity index (χ1v) is 8.37. The van der Waals surface area contributed by atoms with E-state index in [1.165, 1.54) is 18.4 Å². The average molecular weight is 375 g/mol. The third-order valence-corrected chi connectivity index (χ3v) is 4.45. The molecule has 2 unspecified atom stereocenters. The van der Waals surface area contributed by atoms with E-state index in [1.54, 1.807) is 18.2 Å². The monoisotopic (exact) mass is 375 g/mol. The van der Waals surface area contributed by atoms with E-state index >= 15 is 0 Å². The summed E-state index contributed by atoms with van der Waals surface area (Å²) in [5, 5.41) is 18.4. The molecule has 27 heavy (non-hydrogen) atoms. The lowest BCUT2D eigenvalue weighted by molar-refractivity contribution is -0.141. The molecule has 2 heterocycles. The minimum absolute atomic E-state index is 0.0185. The highest BCUT2D eigenvalue weighted by Gasteiger charge is 2.44. The summed E-state index contributed by atoms with van der Waals surface area (Å²) in [6.45, 7) is -0.966. The Balaban J connectivity index is 1.76. The van der Waals surface area contributed by atoms with Gasteiger partial charge in [0.05, 0.1) is 19.0 Å². The summed E-state index contributed by atoms with van der Waals surface area (Å²) in [5.74, 6) is -3.96. The van der Waals surface area contributed by atoms with Gasteiger partial charge in [0.25, 0.3) is 5.91 Å². The van der Waals surface area contributed by atoms with Crippen LogP contribution in [-0.2, 0) is 16.0 Å². The number of hydrogen-bond donors (Lipinski definition) is 2. The molecule has 2 N–H and O–H groups in total. The number of β-amino-alcohol motifs (C(OH)–C–C–N with tert-alkyl or cyclic N) is 1. The van der Waals surface area contributed by atoms with Crippen LogP contribution in [0.25, 0.3) is 0 Å². The zero-order valence-electron chi connectivity index (χ0n) is 14.3. The summed E-state index contributed by atoms with van der Waals surface area (Å²) in [4.78, 5) is 38.0. The van der Waals surface area contributed by atoms with Gasteiger partial charge in [0.2, 0.25) is 11.6 Å².